The number of H-pyrrole nitrogens is 1. The lowest BCUT2D eigenvalue weighted by molar-refractivity contribution is 1.17. The average Bonchev–Trinajstić information content (AvgIpc) is 3.95. The quantitative estimate of drug-likeness (QED) is 0.181. The minimum Gasteiger partial charge on any atom is -0.355 e. The number of rotatable bonds is 4. The van der Waals surface area contributed by atoms with Gasteiger partial charge < -0.3 is 9.55 Å². The molecular weight excluding hydrogens is 753 g/mol. The molecule has 2 aliphatic rings. The van der Waals surface area contributed by atoms with E-state index in [0.29, 0.717) is 20.1 Å². The van der Waals surface area contributed by atoms with Gasteiger partial charge in [-0.15, -0.1) is 0 Å². The number of aromatic nitrogens is 4. The Kier molecular flexibility index (Phi) is 9.66. The number of nitrogens with one attached hydrogen (secondary N) is 1. The molecule has 3 radical (unpaired) electrons. The summed E-state index contributed by atoms with van der Waals surface area (Å²) in [5.74, 6) is 0. The van der Waals surface area contributed by atoms with Crippen LogP contribution in [0, 0.1) is 0 Å². The number of benzene rings is 4. The molecule has 2 aliphatic heterocycles. The Labute approximate surface area is 336 Å². The molecule has 0 saturated carbocycles. The molecule has 0 unspecified atom stereocenters. The lowest BCUT2D eigenvalue weighted by Crippen LogP contribution is -1.97. The number of fused-ring (bicyclic) bond motifs is 8. The fourth-order valence-corrected chi connectivity index (χ4v) is 7.36. The molecule has 0 saturated heterocycles. The van der Waals surface area contributed by atoms with Crippen molar-refractivity contribution in [1.82, 2.24) is 19.5 Å². The van der Waals surface area contributed by atoms with Crippen molar-refractivity contribution in [2.75, 3.05) is 0 Å². The molecule has 1 N–H and O–H groups in total. The van der Waals surface area contributed by atoms with E-state index >= 15 is 0 Å². The molecule has 0 amide bonds. The van der Waals surface area contributed by atoms with Gasteiger partial charge in [-0.05, 0) is 132 Å². The zero-order valence-corrected chi connectivity index (χ0v) is 32.0. The zero-order valence-electron chi connectivity index (χ0n) is 27.9. The van der Waals surface area contributed by atoms with E-state index in [1.165, 1.54) is 0 Å². The topological polar surface area (TPSA) is 46.5 Å². The first-order chi connectivity index (χ1) is 25.4. The Bertz CT molecular complexity index is 2750. The van der Waals surface area contributed by atoms with Gasteiger partial charge in [0.2, 0.25) is 0 Å². The Hall–Kier alpha value is -4.83. The molecular formula is C44H26AlCl4N4. The largest absolute Gasteiger partial charge is 0.355 e. The van der Waals surface area contributed by atoms with Crippen LogP contribution in [-0.2, 0) is 0 Å². The summed E-state index contributed by atoms with van der Waals surface area (Å²) in [4.78, 5) is 13.8. The summed E-state index contributed by atoms with van der Waals surface area (Å²) < 4.78 is 2.28. The Morgan fingerprint density at radius 1 is 0.434 bits per heavy atom. The third-order valence-electron chi connectivity index (χ3n) is 9.15. The van der Waals surface area contributed by atoms with Gasteiger partial charge >= 0.3 is 0 Å². The SMILES string of the molecule is Clc1ccc(-c2c(-c3ccc(Cl)cc3)c3c(-c4ccc(Cl)cc4)c4nc(cc5ccc(cc6nc(cc2n3-c2ccc(Cl)cc2)C=C6)[nH]5)C=C4)cc1.[Al]. The number of halogens is 4. The molecule has 9 heteroatoms. The smallest absolute Gasteiger partial charge is 0.0737 e. The van der Waals surface area contributed by atoms with Gasteiger partial charge in [0.15, 0.2) is 0 Å². The van der Waals surface area contributed by atoms with Gasteiger partial charge in [0.1, 0.15) is 0 Å². The average molecular weight is 780 g/mol. The molecule has 0 atom stereocenters. The van der Waals surface area contributed by atoms with E-state index in [0.717, 1.165) is 83.9 Å². The summed E-state index contributed by atoms with van der Waals surface area (Å²) in [6.45, 7) is 0. The first-order valence-electron chi connectivity index (χ1n) is 16.6. The second-order valence-electron chi connectivity index (χ2n) is 12.5. The second-order valence-corrected chi connectivity index (χ2v) is 14.3. The van der Waals surface area contributed by atoms with E-state index in [1.54, 1.807) is 0 Å². The fourth-order valence-electron chi connectivity index (χ4n) is 6.86. The summed E-state index contributed by atoms with van der Waals surface area (Å²) in [7, 11) is 0. The van der Waals surface area contributed by atoms with Crippen molar-refractivity contribution in [3.05, 3.63) is 170 Å². The third kappa shape index (κ3) is 6.89. The molecule has 3 aromatic heterocycles. The molecule has 4 aromatic carbocycles. The van der Waals surface area contributed by atoms with E-state index in [9.17, 15) is 0 Å². The number of hydrogen-bond acceptors (Lipinski definition) is 2. The van der Waals surface area contributed by atoms with Crippen molar-refractivity contribution < 1.29 is 0 Å². The van der Waals surface area contributed by atoms with Gasteiger partial charge in [0, 0.05) is 70.9 Å². The molecule has 253 valence electrons. The predicted octanol–water partition coefficient (Wildman–Crippen LogP) is 13.4. The molecule has 0 fully saturated rings. The third-order valence-corrected chi connectivity index (χ3v) is 10.2. The van der Waals surface area contributed by atoms with Crippen LogP contribution in [0.5, 0.6) is 0 Å². The summed E-state index contributed by atoms with van der Waals surface area (Å²) >= 11 is 26.0. The Morgan fingerprint density at radius 2 is 0.868 bits per heavy atom. The van der Waals surface area contributed by atoms with Gasteiger partial charge in [0.05, 0.1) is 33.8 Å². The van der Waals surface area contributed by atoms with E-state index in [4.69, 9.17) is 56.4 Å². The van der Waals surface area contributed by atoms with Crippen LogP contribution in [-0.4, -0.2) is 36.9 Å². The van der Waals surface area contributed by atoms with Crippen molar-refractivity contribution in [2.45, 2.75) is 0 Å². The first-order valence-corrected chi connectivity index (χ1v) is 18.1. The van der Waals surface area contributed by atoms with Gasteiger partial charge in [-0.1, -0.05) is 82.8 Å². The van der Waals surface area contributed by atoms with Crippen LogP contribution >= 0.6 is 46.4 Å². The minimum absolute atomic E-state index is 0. The van der Waals surface area contributed by atoms with Gasteiger partial charge in [-0.2, -0.15) is 0 Å². The van der Waals surface area contributed by atoms with Crippen molar-refractivity contribution in [3.63, 3.8) is 0 Å². The van der Waals surface area contributed by atoms with E-state index < -0.39 is 0 Å². The summed E-state index contributed by atoms with van der Waals surface area (Å²) in [5.41, 5.74) is 13.6. The molecule has 9 rings (SSSR count). The summed E-state index contributed by atoms with van der Waals surface area (Å²) in [5, 5.41) is 2.57. The maximum Gasteiger partial charge on any atom is 0.0737 e. The monoisotopic (exact) mass is 777 g/mol. The molecule has 0 spiro atoms. The van der Waals surface area contributed by atoms with Crippen molar-refractivity contribution in [2.24, 2.45) is 0 Å². The lowest BCUT2D eigenvalue weighted by Gasteiger charge is -2.14. The van der Waals surface area contributed by atoms with Gasteiger partial charge in [-0.3, -0.25) is 0 Å². The van der Waals surface area contributed by atoms with E-state index in [2.05, 4.69) is 46.0 Å². The van der Waals surface area contributed by atoms with Crippen LogP contribution in [0.3, 0.4) is 0 Å². The summed E-state index contributed by atoms with van der Waals surface area (Å²) in [6, 6.07) is 42.1. The molecule has 53 heavy (non-hydrogen) atoms. The first kappa shape index (κ1) is 35.2. The van der Waals surface area contributed by atoms with E-state index in [-0.39, 0.29) is 17.4 Å². The van der Waals surface area contributed by atoms with Gasteiger partial charge in [0.25, 0.3) is 0 Å². The van der Waals surface area contributed by atoms with Crippen LogP contribution < -0.4 is 0 Å². The predicted molar refractivity (Wildman–Crippen MR) is 226 cm³/mol. The van der Waals surface area contributed by atoms with Crippen molar-refractivity contribution in [1.29, 1.82) is 0 Å². The molecule has 8 bridgehead atoms. The van der Waals surface area contributed by atoms with Crippen molar-refractivity contribution >= 4 is 110 Å². The number of hydrogen-bond donors (Lipinski definition) is 1. The van der Waals surface area contributed by atoms with Crippen LogP contribution in [0.1, 0.15) is 22.8 Å². The maximum atomic E-state index is 6.52. The van der Waals surface area contributed by atoms with Crippen LogP contribution in [0.4, 0.5) is 0 Å². The van der Waals surface area contributed by atoms with Crippen LogP contribution in [0.25, 0.3) is 85.4 Å². The standard InChI is InChI=1S/C44H26Cl4N4.Al/c45-29-7-1-26(2-8-29)41-39-22-19-36(51-39)24-35-16-15-33(49-35)23-34-17-18-37(50-34)25-40-42(27-3-9-30(46)10-4-27)43(28-5-11-31(47)12-6-28)44(41)52(40)38-20-13-32(48)14-21-38;/h1-25,49H;. The highest BCUT2D eigenvalue weighted by molar-refractivity contribution is 6.31. The number of nitrogens with zero attached hydrogens (tertiary/aromatic N) is 3. The minimum atomic E-state index is 0. The normalized spacial score (nSPS) is 11.8. The Morgan fingerprint density at radius 3 is 1.42 bits per heavy atom. The van der Waals surface area contributed by atoms with Crippen molar-refractivity contribution in [3.8, 4) is 39.1 Å². The lowest BCUT2D eigenvalue weighted by atomic mass is 9.93. The highest BCUT2D eigenvalue weighted by Crippen LogP contribution is 2.47. The zero-order chi connectivity index (χ0) is 35.3. The maximum absolute atomic E-state index is 6.52. The van der Waals surface area contributed by atoms with Crippen LogP contribution in [0.2, 0.25) is 20.1 Å². The highest BCUT2D eigenvalue weighted by Gasteiger charge is 2.25. The molecule has 5 heterocycles. The van der Waals surface area contributed by atoms with Gasteiger partial charge in [-0.25, -0.2) is 9.97 Å². The summed E-state index contributed by atoms with van der Waals surface area (Å²) in [6.07, 6.45) is 8.19. The number of aromatic amines is 1. The fraction of sp³-hybridized carbons (Fsp3) is 0. The molecule has 7 aromatic rings. The van der Waals surface area contributed by atoms with E-state index in [1.807, 2.05) is 115 Å². The second kappa shape index (κ2) is 14.5. The molecule has 0 aliphatic carbocycles. The highest BCUT2D eigenvalue weighted by atomic mass is 35.5. The van der Waals surface area contributed by atoms with Crippen LogP contribution in [0.15, 0.2) is 127 Å². The Balaban J connectivity index is 0.00000400. The molecule has 4 nitrogen and oxygen atoms in total.